The number of cyclic esters (lactones) is 1. The van der Waals surface area contributed by atoms with E-state index in [9.17, 15) is 19.5 Å². The van der Waals surface area contributed by atoms with Crippen LogP contribution < -0.4 is 0 Å². The van der Waals surface area contributed by atoms with Crippen molar-refractivity contribution < 1.29 is 38.4 Å². The molecule has 13 atom stereocenters. The van der Waals surface area contributed by atoms with Crippen molar-refractivity contribution in [2.24, 2.45) is 34.1 Å². The number of pyridine rings is 1. The van der Waals surface area contributed by atoms with Gasteiger partial charge in [0.05, 0.1) is 34.5 Å². The van der Waals surface area contributed by atoms with Gasteiger partial charge in [-0.25, -0.2) is 9.78 Å². The lowest BCUT2D eigenvalue weighted by Crippen LogP contribution is -2.58. The predicted octanol–water partition coefficient (Wildman–Crippen LogP) is 5.98. The fourth-order valence-electron chi connectivity index (χ4n) is 9.83. The van der Waals surface area contributed by atoms with Gasteiger partial charge in [-0.15, -0.1) is 11.3 Å². The molecular weight excluding hydrogens is 769 g/mol. The Morgan fingerprint density at radius 3 is 2.42 bits per heavy atom. The predicted molar refractivity (Wildman–Crippen MR) is 226 cm³/mol. The van der Waals surface area contributed by atoms with Crippen molar-refractivity contribution in [1.82, 2.24) is 14.8 Å². The number of fused-ring (bicyclic) bond motifs is 1. The highest BCUT2D eigenvalue weighted by molar-refractivity contribution is 7.13. The molecule has 0 spiro atoms. The number of rotatable bonds is 5. The van der Waals surface area contributed by atoms with Crippen LogP contribution in [0, 0.1) is 52.8 Å². The minimum atomic E-state index is -1.18. The highest BCUT2D eigenvalue weighted by Gasteiger charge is 2.60. The van der Waals surface area contributed by atoms with Crippen LogP contribution in [0.3, 0.4) is 0 Å². The molecule has 59 heavy (non-hydrogen) atoms. The maximum Gasteiger partial charge on any atom is 0.410 e. The van der Waals surface area contributed by atoms with E-state index in [1.165, 1.54) is 11.3 Å². The molecule has 0 aliphatic carbocycles. The first-order chi connectivity index (χ1) is 28.0. The van der Waals surface area contributed by atoms with E-state index in [1.807, 2.05) is 70.1 Å². The van der Waals surface area contributed by atoms with Crippen LogP contribution in [0.25, 0.3) is 0 Å². The van der Waals surface area contributed by atoms with Crippen molar-refractivity contribution in [3.05, 3.63) is 52.0 Å². The average molecular weight is 829 g/mol. The van der Waals surface area contributed by atoms with Crippen molar-refractivity contribution in [2.45, 2.75) is 129 Å². The Kier molecular flexibility index (Phi) is 13.7. The number of aromatic nitrogens is 1. The maximum atomic E-state index is 14.7. The molecule has 6 rings (SSSR count). The van der Waals surface area contributed by atoms with Crippen LogP contribution in [0.4, 0.5) is 4.79 Å². The SMILES string of the molecule is CC[C@H]1OC(=O)[C@H](C)C(=O)[C@H](C)[C@@H](O[C@@H]2O[C@H](C)C[C@H](N(C)C)[C@H]2O)[C@@](C)(CC#Cc2ccc(C#Cc3ccccn3)s2)C[C@@H](C)C2=NCCN3C(=O)O[C@@]1(C)[C@H]3[C@H]2C. The number of carbonyl (C=O) groups excluding carboxylic acids is 3. The number of Topliss-reactive ketones (excluding diaryl/α,β-unsaturated/α-hetero) is 1. The maximum absolute atomic E-state index is 14.7. The standard InChI is InChI=1S/C46H60N4O8S/c1-11-36-46(8)40-29(4)37(48-23-24-50(40)44(54)58-46)27(2)26-45(7,21-14-16-33-19-20-34(59-33)18-17-32-15-12-13-22-47-32)41(30(5)38(51)31(6)42(53)56-36)57-43-39(52)35(49(9)10)25-28(3)55-43/h12-13,15,19-20,22,27-31,35-36,39-41,43,52H,11,21,23-26H2,1-10H3/t27-,28-,29+,30+,31-,35+,36-,39-,40-,41-,43+,45+,46-/m1/s1. The van der Waals surface area contributed by atoms with E-state index >= 15 is 0 Å². The summed E-state index contributed by atoms with van der Waals surface area (Å²) < 4.78 is 25.6. The van der Waals surface area contributed by atoms with Crippen LogP contribution in [0.5, 0.6) is 0 Å². The zero-order valence-corrected chi connectivity index (χ0v) is 36.9. The summed E-state index contributed by atoms with van der Waals surface area (Å²) in [6.45, 7) is 16.0. The van der Waals surface area contributed by atoms with Gasteiger partial charge in [0, 0.05) is 48.2 Å². The van der Waals surface area contributed by atoms with Gasteiger partial charge in [-0.1, -0.05) is 52.5 Å². The number of carbonyl (C=O) groups is 3. The molecular formula is C46H60N4O8S. The van der Waals surface area contributed by atoms with Crippen LogP contribution in [0.15, 0.2) is 41.5 Å². The largest absolute Gasteiger partial charge is 0.458 e. The molecule has 3 fully saturated rings. The number of aliphatic imine (C=N–C) groups is 1. The Hall–Kier alpha value is -4.11. The lowest BCUT2D eigenvalue weighted by molar-refractivity contribution is -0.286. The number of aliphatic hydroxyl groups is 1. The van der Waals surface area contributed by atoms with Crippen LogP contribution in [0.2, 0.25) is 0 Å². The van der Waals surface area contributed by atoms with Gasteiger partial charge in [0.1, 0.15) is 23.8 Å². The van der Waals surface area contributed by atoms with Crippen LogP contribution in [-0.2, 0) is 28.5 Å². The third-order valence-electron chi connectivity index (χ3n) is 12.8. The fraction of sp³-hybridized carbons (Fsp3) is 0.630. The van der Waals surface area contributed by atoms with Crippen molar-refractivity contribution >= 4 is 34.9 Å². The Morgan fingerprint density at radius 2 is 1.75 bits per heavy atom. The van der Waals surface area contributed by atoms with Crippen LogP contribution in [-0.4, -0.2) is 119 Å². The van der Waals surface area contributed by atoms with E-state index in [4.69, 9.17) is 23.9 Å². The summed E-state index contributed by atoms with van der Waals surface area (Å²) in [6, 6.07) is 8.78. The normalized spacial score (nSPS) is 36.5. The van der Waals surface area contributed by atoms with Crippen LogP contribution >= 0.6 is 11.3 Å². The van der Waals surface area contributed by atoms with Gasteiger partial charge in [0.25, 0.3) is 0 Å². The van der Waals surface area contributed by atoms with E-state index in [0.29, 0.717) is 44.5 Å². The number of hydrogen-bond donors (Lipinski definition) is 1. The third-order valence-corrected chi connectivity index (χ3v) is 13.7. The van der Waals surface area contributed by atoms with Gasteiger partial charge < -0.3 is 29.0 Å². The van der Waals surface area contributed by atoms with E-state index in [-0.39, 0.29) is 29.8 Å². The topological polar surface area (TPSA) is 140 Å². The van der Waals surface area contributed by atoms with Gasteiger partial charge in [-0.3, -0.25) is 19.5 Å². The second-order valence-corrected chi connectivity index (χ2v) is 18.6. The number of ether oxygens (including phenoxy) is 4. The first-order valence-corrected chi connectivity index (χ1v) is 21.7. The Morgan fingerprint density at radius 1 is 1.02 bits per heavy atom. The number of aliphatic hydroxyl groups excluding tert-OH is 1. The molecule has 3 saturated heterocycles. The lowest BCUT2D eigenvalue weighted by atomic mass is 9.66. The van der Waals surface area contributed by atoms with E-state index < -0.39 is 65.6 Å². The molecule has 4 aliphatic rings. The van der Waals surface area contributed by atoms with Gasteiger partial charge in [0.15, 0.2) is 17.7 Å². The minimum absolute atomic E-state index is 0.158. The summed E-state index contributed by atoms with van der Waals surface area (Å²) in [6.07, 6.45) is -0.944. The molecule has 2 aromatic rings. The monoisotopic (exact) mass is 828 g/mol. The minimum Gasteiger partial charge on any atom is -0.458 e. The van der Waals surface area contributed by atoms with Gasteiger partial charge >= 0.3 is 12.1 Å². The lowest BCUT2D eigenvalue weighted by Gasteiger charge is -2.47. The number of thiophene rings is 1. The Bertz CT molecular complexity index is 2020. The molecule has 12 nitrogen and oxygen atoms in total. The molecule has 4 aliphatic heterocycles. The molecule has 0 unspecified atom stereocenters. The summed E-state index contributed by atoms with van der Waals surface area (Å²) in [5.41, 5.74) is -0.436. The Labute approximate surface area is 353 Å². The summed E-state index contributed by atoms with van der Waals surface area (Å²) in [7, 11) is 3.83. The molecule has 2 aromatic heterocycles. The number of nitrogens with zero attached hydrogens (tertiary/aromatic N) is 4. The van der Waals surface area contributed by atoms with Crippen molar-refractivity contribution in [3.63, 3.8) is 0 Å². The molecule has 0 saturated carbocycles. The molecule has 0 aromatic carbocycles. The second-order valence-electron chi connectivity index (χ2n) is 17.5. The van der Waals surface area contributed by atoms with Crippen molar-refractivity contribution in [3.8, 4) is 23.7 Å². The zero-order valence-electron chi connectivity index (χ0n) is 36.1. The fourth-order valence-corrected chi connectivity index (χ4v) is 10.6. The van der Waals surface area contributed by atoms with Crippen molar-refractivity contribution in [1.29, 1.82) is 0 Å². The van der Waals surface area contributed by atoms with E-state index in [0.717, 1.165) is 15.5 Å². The number of hydrogen-bond acceptors (Lipinski definition) is 12. The summed E-state index contributed by atoms with van der Waals surface area (Å²) in [5.74, 6) is 9.59. The van der Waals surface area contributed by atoms with Gasteiger partial charge in [0.2, 0.25) is 0 Å². The molecule has 1 amide bonds. The summed E-state index contributed by atoms with van der Waals surface area (Å²) >= 11 is 1.49. The van der Waals surface area contributed by atoms with Gasteiger partial charge in [-0.05, 0) is 96.2 Å². The first-order valence-electron chi connectivity index (χ1n) is 20.9. The smallest absolute Gasteiger partial charge is 0.410 e. The molecule has 2 bridgehead atoms. The first kappa shape index (κ1) is 44.4. The molecule has 318 valence electrons. The molecule has 6 heterocycles. The Balaban J connectivity index is 1.43. The molecule has 1 N–H and O–H groups in total. The second kappa shape index (κ2) is 18.2. The number of likely N-dealkylation sites (N-methyl/N-ethyl adjacent to an activating group) is 1. The highest BCUT2D eigenvalue weighted by atomic mass is 32.1. The highest BCUT2D eigenvalue weighted by Crippen LogP contribution is 2.46. The number of amides is 1. The zero-order chi connectivity index (χ0) is 42.8. The third kappa shape index (κ3) is 9.30. The summed E-state index contributed by atoms with van der Waals surface area (Å²) in [4.78, 5) is 57.0. The van der Waals surface area contributed by atoms with Crippen molar-refractivity contribution in [2.75, 3.05) is 27.2 Å². The van der Waals surface area contributed by atoms with Crippen LogP contribution in [0.1, 0.15) is 96.5 Å². The number of ketones is 1. The molecule has 13 heteroatoms. The van der Waals surface area contributed by atoms with E-state index in [2.05, 4.69) is 49.4 Å². The average Bonchev–Trinajstić information content (AvgIpc) is 3.70. The summed E-state index contributed by atoms with van der Waals surface area (Å²) in [5, 5.41) is 11.7. The quantitative estimate of drug-likeness (QED) is 0.218. The molecule has 0 radical (unpaired) electrons. The van der Waals surface area contributed by atoms with Gasteiger partial charge in [-0.2, -0.15) is 0 Å². The number of esters is 1. The van der Waals surface area contributed by atoms with E-state index in [1.54, 1.807) is 24.9 Å².